The van der Waals surface area contributed by atoms with Crippen molar-refractivity contribution in [3.63, 3.8) is 0 Å². The molecule has 1 saturated heterocycles. The molecule has 0 radical (unpaired) electrons. The van der Waals surface area contributed by atoms with Gasteiger partial charge in [-0.3, -0.25) is 0 Å². The first-order valence-corrected chi connectivity index (χ1v) is 8.66. The van der Waals surface area contributed by atoms with Crippen LogP contribution in [0.3, 0.4) is 0 Å². The summed E-state index contributed by atoms with van der Waals surface area (Å²) in [5.41, 5.74) is 0. The van der Waals surface area contributed by atoms with E-state index in [1.54, 1.807) is 29.2 Å². The number of hydrogen-bond acceptors (Lipinski definition) is 5. The lowest BCUT2D eigenvalue weighted by molar-refractivity contribution is 0.193. The molecule has 120 valence electrons. The zero-order valence-corrected chi connectivity index (χ0v) is 13.5. The number of piperidine rings is 1. The fourth-order valence-electron chi connectivity index (χ4n) is 2.55. The summed E-state index contributed by atoms with van der Waals surface area (Å²) >= 11 is 0. The van der Waals surface area contributed by atoms with Gasteiger partial charge >= 0.3 is 0 Å². The summed E-state index contributed by atoms with van der Waals surface area (Å²) in [6.07, 6.45) is 5.01. The summed E-state index contributed by atoms with van der Waals surface area (Å²) in [6, 6.07) is 0. The predicted molar refractivity (Wildman–Crippen MR) is 79.4 cm³/mol. The highest BCUT2D eigenvalue weighted by molar-refractivity contribution is 7.89. The van der Waals surface area contributed by atoms with Gasteiger partial charge in [0.15, 0.2) is 5.03 Å². The second-order valence-corrected chi connectivity index (χ2v) is 7.33. The van der Waals surface area contributed by atoms with E-state index in [0.29, 0.717) is 25.6 Å². The van der Waals surface area contributed by atoms with Crippen LogP contribution in [0.25, 0.3) is 0 Å². The van der Waals surface area contributed by atoms with Crippen molar-refractivity contribution >= 4 is 10.0 Å². The first-order chi connectivity index (χ1) is 10.0. The maximum atomic E-state index is 12.5. The van der Waals surface area contributed by atoms with Crippen molar-refractivity contribution in [2.75, 3.05) is 39.9 Å². The summed E-state index contributed by atoms with van der Waals surface area (Å²) in [4.78, 5) is 3.98. The highest BCUT2D eigenvalue weighted by Gasteiger charge is 2.31. The smallest absolute Gasteiger partial charge is 0.262 e. The topological polar surface area (TPSA) is 76.5 Å². The van der Waals surface area contributed by atoms with Gasteiger partial charge in [0.25, 0.3) is 10.0 Å². The lowest BCUT2D eigenvalue weighted by atomic mass is 10.00. The molecule has 0 bridgehead atoms. The molecule has 0 aliphatic carbocycles. The molecule has 1 unspecified atom stereocenters. The Morgan fingerprint density at radius 2 is 2.33 bits per heavy atom. The third-order valence-electron chi connectivity index (χ3n) is 3.68. The summed E-state index contributed by atoms with van der Waals surface area (Å²) in [6.45, 7) is 3.41. The van der Waals surface area contributed by atoms with E-state index in [1.807, 2.05) is 0 Å². The van der Waals surface area contributed by atoms with Crippen molar-refractivity contribution in [1.82, 2.24) is 19.2 Å². The average Bonchev–Trinajstić information content (AvgIpc) is 2.91. The maximum Gasteiger partial charge on any atom is 0.262 e. The van der Waals surface area contributed by atoms with E-state index in [0.717, 1.165) is 25.9 Å². The van der Waals surface area contributed by atoms with E-state index in [4.69, 9.17) is 4.74 Å². The first-order valence-electron chi connectivity index (χ1n) is 7.22. The van der Waals surface area contributed by atoms with Crippen molar-refractivity contribution in [1.29, 1.82) is 0 Å². The molecule has 1 aliphatic heterocycles. The third-order valence-corrected chi connectivity index (χ3v) is 5.43. The lowest BCUT2D eigenvalue weighted by Crippen LogP contribution is -2.43. The quantitative estimate of drug-likeness (QED) is 0.720. The zero-order chi connectivity index (χ0) is 15.3. The van der Waals surface area contributed by atoms with Crippen LogP contribution < -0.4 is 5.32 Å². The highest BCUT2D eigenvalue weighted by atomic mass is 32.2. The van der Waals surface area contributed by atoms with Crippen LogP contribution in [0.1, 0.15) is 12.8 Å². The molecule has 0 aromatic carbocycles. The molecule has 1 aromatic rings. The van der Waals surface area contributed by atoms with Gasteiger partial charge in [0.1, 0.15) is 0 Å². The van der Waals surface area contributed by atoms with Gasteiger partial charge in [-0.25, -0.2) is 13.4 Å². The molecule has 0 spiro atoms. The Bertz CT molecular complexity index is 543. The van der Waals surface area contributed by atoms with Gasteiger partial charge in [-0.05, 0) is 25.3 Å². The minimum atomic E-state index is -3.46. The van der Waals surface area contributed by atoms with Crippen LogP contribution in [0.15, 0.2) is 17.6 Å². The lowest BCUT2D eigenvalue weighted by Gasteiger charge is -2.31. The van der Waals surface area contributed by atoms with E-state index in [2.05, 4.69) is 10.3 Å². The number of sulfonamides is 1. The Hall–Kier alpha value is -0.960. The summed E-state index contributed by atoms with van der Waals surface area (Å²) < 4.78 is 33.3. The average molecular weight is 316 g/mol. The maximum absolute atomic E-state index is 12.5. The molecule has 0 amide bonds. The zero-order valence-electron chi connectivity index (χ0n) is 12.7. The highest BCUT2D eigenvalue weighted by Crippen LogP contribution is 2.22. The van der Waals surface area contributed by atoms with Crippen molar-refractivity contribution < 1.29 is 13.2 Å². The fraction of sp³-hybridized carbons (Fsp3) is 0.769. The second-order valence-electron chi connectivity index (χ2n) is 5.45. The fourth-order valence-corrected chi connectivity index (χ4v) is 4.07. The normalized spacial score (nSPS) is 20.8. The van der Waals surface area contributed by atoms with Crippen LogP contribution in [0, 0.1) is 5.92 Å². The van der Waals surface area contributed by atoms with E-state index in [-0.39, 0.29) is 5.03 Å². The van der Waals surface area contributed by atoms with Gasteiger partial charge in [0, 0.05) is 40.0 Å². The van der Waals surface area contributed by atoms with Gasteiger partial charge in [-0.2, -0.15) is 4.31 Å². The third kappa shape index (κ3) is 4.26. The Kier molecular flexibility index (Phi) is 5.74. The van der Waals surface area contributed by atoms with Crippen molar-refractivity contribution in [3.8, 4) is 0 Å². The molecule has 1 N–H and O–H groups in total. The Balaban J connectivity index is 1.94. The summed E-state index contributed by atoms with van der Waals surface area (Å²) in [5, 5.41) is 3.44. The molecule has 21 heavy (non-hydrogen) atoms. The largest absolute Gasteiger partial charge is 0.383 e. The first kappa shape index (κ1) is 16.4. The van der Waals surface area contributed by atoms with E-state index >= 15 is 0 Å². The van der Waals surface area contributed by atoms with Crippen LogP contribution in [0.2, 0.25) is 0 Å². The van der Waals surface area contributed by atoms with Crippen molar-refractivity contribution in [3.05, 3.63) is 12.5 Å². The SMILES string of the molecule is COCCNCC1CCCN(S(=O)(=O)c2cn(C)cn2)C1. The molecule has 1 aromatic heterocycles. The number of methoxy groups -OCH3 is 1. The van der Waals surface area contributed by atoms with Gasteiger partial charge < -0.3 is 14.6 Å². The van der Waals surface area contributed by atoms with Crippen molar-refractivity contribution in [2.24, 2.45) is 13.0 Å². The standard InChI is InChI=1S/C13H24N4O3S/c1-16-10-13(15-11-16)21(18,19)17-6-3-4-12(9-17)8-14-5-7-20-2/h10-12,14H,3-9H2,1-2H3. The molecule has 1 atom stereocenters. The molecule has 8 heteroatoms. The number of aromatic nitrogens is 2. The number of aryl methyl sites for hydroxylation is 1. The number of imidazole rings is 1. The molecule has 7 nitrogen and oxygen atoms in total. The number of nitrogens with zero attached hydrogens (tertiary/aromatic N) is 3. The van der Waals surface area contributed by atoms with Gasteiger partial charge in [-0.15, -0.1) is 0 Å². The summed E-state index contributed by atoms with van der Waals surface area (Å²) in [7, 11) is -0.0218. The van der Waals surface area contributed by atoms with Crippen molar-refractivity contribution in [2.45, 2.75) is 17.9 Å². The number of nitrogens with one attached hydrogen (secondary N) is 1. The van der Waals surface area contributed by atoms with Gasteiger partial charge in [-0.1, -0.05) is 0 Å². The Labute approximate surface area is 126 Å². The van der Waals surface area contributed by atoms with Gasteiger partial charge in [0.05, 0.1) is 12.9 Å². The minimum absolute atomic E-state index is 0.137. The van der Waals surface area contributed by atoms with E-state index in [9.17, 15) is 8.42 Å². The van der Waals surface area contributed by atoms with E-state index < -0.39 is 10.0 Å². The number of ether oxygens (including phenoxy) is 1. The van der Waals surface area contributed by atoms with Crippen LogP contribution in [0.4, 0.5) is 0 Å². The molecule has 1 aliphatic rings. The second kappa shape index (κ2) is 7.35. The molecule has 0 saturated carbocycles. The van der Waals surface area contributed by atoms with E-state index in [1.165, 1.54) is 6.33 Å². The minimum Gasteiger partial charge on any atom is -0.383 e. The molecule has 2 rings (SSSR count). The number of hydrogen-bond donors (Lipinski definition) is 1. The van der Waals surface area contributed by atoms with Gasteiger partial charge in [0.2, 0.25) is 0 Å². The van der Waals surface area contributed by atoms with Crippen LogP contribution >= 0.6 is 0 Å². The molecule has 2 heterocycles. The van der Waals surface area contributed by atoms with Crippen LogP contribution in [-0.2, 0) is 21.8 Å². The van der Waals surface area contributed by atoms with Crippen LogP contribution in [0.5, 0.6) is 0 Å². The molecule has 1 fully saturated rings. The monoisotopic (exact) mass is 316 g/mol. The predicted octanol–water partition coefficient (Wildman–Crippen LogP) is 0.0568. The molecular weight excluding hydrogens is 292 g/mol. The molecular formula is C13H24N4O3S. The Morgan fingerprint density at radius 1 is 1.52 bits per heavy atom. The Morgan fingerprint density at radius 3 is 3.00 bits per heavy atom. The number of rotatable bonds is 7. The summed E-state index contributed by atoms with van der Waals surface area (Å²) in [5.74, 6) is 0.342. The van der Waals surface area contributed by atoms with Crippen LogP contribution in [-0.4, -0.2) is 62.2 Å².